The first-order chi connectivity index (χ1) is 12.0. The molecule has 0 radical (unpaired) electrons. The van der Waals surface area contributed by atoms with Gasteiger partial charge in [-0.15, -0.1) is 0 Å². The number of esters is 1. The average molecular weight is 381 g/mol. The van der Waals surface area contributed by atoms with E-state index in [1.165, 1.54) is 6.20 Å². The third kappa shape index (κ3) is 4.41. The van der Waals surface area contributed by atoms with Gasteiger partial charge in [0.1, 0.15) is 12.4 Å². The monoisotopic (exact) mass is 380 g/mol. The van der Waals surface area contributed by atoms with Crippen molar-refractivity contribution >= 4 is 40.8 Å². The second-order valence-electron chi connectivity index (χ2n) is 5.46. The minimum Gasteiger partial charge on any atom is -0.492 e. The van der Waals surface area contributed by atoms with Gasteiger partial charge in [0.25, 0.3) is 5.91 Å². The highest BCUT2D eigenvalue weighted by molar-refractivity contribution is 6.32. The minimum absolute atomic E-state index is 0.163. The van der Waals surface area contributed by atoms with Gasteiger partial charge >= 0.3 is 5.97 Å². The van der Waals surface area contributed by atoms with Gasteiger partial charge in [-0.2, -0.15) is 0 Å². The van der Waals surface area contributed by atoms with Crippen LogP contribution in [0.25, 0.3) is 0 Å². The molecule has 130 valence electrons. The van der Waals surface area contributed by atoms with Crippen LogP contribution in [-0.4, -0.2) is 30.1 Å². The molecule has 1 N–H and O–H groups in total. The number of anilines is 1. The number of fused-ring (bicyclic) bond motifs is 1. The van der Waals surface area contributed by atoms with Gasteiger partial charge in [-0.3, -0.25) is 9.59 Å². The molecule has 6 nitrogen and oxygen atoms in total. The van der Waals surface area contributed by atoms with Crippen LogP contribution in [0.15, 0.2) is 36.5 Å². The molecule has 2 aromatic rings. The molecule has 0 spiro atoms. The molecule has 1 aromatic carbocycles. The number of amides is 1. The van der Waals surface area contributed by atoms with E-state index < -0.39 is 24.4 Å². The largest absolute Gasteiger partial charge is 0.492 e. The smallest absolute Gasteiger partial charge is 0.313 e. The molecule has 0 bridgehead atoms. The lowest BCUT2D eigenvalue weighted by molar-refractivity contribution is -0.152. The van der Waals surface area contributed by atoms with E-state index in [1.807, 2.05) is 0 Å². The Hall–Kier alpha value is -2.31. The summed E-state index contributed by atoms with van der Waals surface area (Å²) in [5, 5.41) is 3.27. The van der Waals surface area contributed by atoms with Gasteiger partial charge in [0.15, 0.2) is 11.8 Å². The zero-order valence-corrected chi connectivity index (χ0v) is 14.5. The molecule has 1 aliphatic heterocycles. The van der Waals surface area contributed by atoms with E-state index in [1.54, 1.807) is 30.3 Å². The maximum absolute atomic E-state index is 12.2. The van der Waals surface area contributed by atoms with Crippen LogP contribution in [0.4, 0.5) is 5.69 Å². The van der Waals surface area contributed by atoms with Crippen molar-refractivity contribution < 1.29 is 19.1 Å². The number of pyridine rings is 1. The standard InChI is InChI=1S/C17H14Cl2N2O4/c18-12-3-4-14-10(7-12)6-11(8-24-14)17(23)25-9-15(22)21-13-2-1-5-20-16(13)19/h1-5,7,11H,6,8-9H2,(H,21,22)/t11-/m0/s1. The summed E-state index contributed by atoms with van der Waals surface area (Å²) in [4.78, 5) is 27.9. The van der Waals surface area contributed by atoms with Crippen molar-refractivity contribution in [3.05, 3.63) is 52.3 Å². The summed E-state index contributed by atoms with van der Waals surface area (Å²) in [6, 6.07) is 8.49. The fourth-order valence-corrected chi connectivity index (χ4v) is 2.80. The highest BCUT2D eigenvalue weighted by Gasteiger charge is 2.28. The van der Waals surface area contributed by atoms with Crippen LogP contribution in [0.2, 0.25) is 10.2 Å². The molecule has 1 aromatic heterocycles. The average Bonchev–Trinajstić information content (AvgIpc) is 2.61. The molecule has 3 rings (SSSR count). The molecule has 0 saturated carbocycles. The first-order valence-electron chi connectivity index (χ1n) is 7.51. The van der Waals surface area contributed by atoms with Crippen LogP contribution in [0, 0.1) is 5.92 Å². The molecule has 0 saturated heterocycles. The number of rotatable bonds is 4. The zero-order chi connectivity index (χ0) is 17.8. The lowest BCUT2D eigenvalue weighted by Crippen LogP contribution is -2.32. The molecule has 0 aliphatic carbocycles. The topological polar surface area (TPSA) is 77.5 Å². The molecule has 0 fully saturated rings. The zero-order valence-electron chi connectivity index (χ0n) is 13.0. The molecule has 25 heavy (non-hydrogen) atoms. The molecular weight excluding hydrogens is 367 g/mol. The second kappa shape index (κ2) is 7.72. The van der Waals surface area contributed by atoms with Gasteiger partial charge in [0.2, 0.25) is 0 Å². The third-order valence-electron chi connectivity index (χ3n) is 3.64. The summed E-state index contributed by atoms with van der Waals surface area (Å²) in [5.41, 5.74) is 1.20. The van der Waals surface area contributed by atoms with E-state index in [0.29, 0.717) is 22.9 Å². The number of nitrogens with zero attached hydrogens (tertiary/aromatic N) is 1. The van der Waals surface area contributed by atoms with Crippen LogP contribution in [0.3, 0.4) is 0 Å². The lowest BCUT2D eigenvalue weighted by Gasteiger charge is -2.24. The van der Waals surface area contributed by atoms with Crippen molar-refractivity contribution in [3.8, 4) is 5.75 Å². The van der Waals surface area contributed by atoms with Crippen molar-refractivity contribution in [2.75, 3.05) is 18.5 Å². The highest BCUT2D eigenvalue weighted by Crippen LogP contribution is 2.30. The van der Waals surface area contributed by atoms with Crippen molar-refractivity contribution in [2.24, 2.45) is 5.92 Å². The highest BCUT2D eigenvalue weighted by atomic mass is 35.5. The first-order valence-corrected chi connectivity index (χ1v) is 8.27. The van der Waals surface area contributed by atoms with E-state index in [0.717, 1.165) is 5.56 Å². The molecule has 1 atom stereocenters. The summed E-state index contributed by atoms with van der Waals surface area (Å²) >= 11 is 11.8. The number of hydrogen-bond acceptors (Lipinski definition) is 5. The molecular formula is C17H14Cl2N2O4. The number of halogens is 2. The number of aromatic nitrogens is 1. The predicted octanol–water partition coefficient (Wildman–Crippen LogP) is 3.12. The van der Waals surface area contributed by atoms with Gasteiger partial charge in [0.05, 0.1) is 11.6 Å². The Morgan fingerprint density at radius 3 is 2.96 bits per heavy atom. The van der Waals surface area contributed by atoms with Crippen LogP contribution >= 0.6 is 23.2 Å². The Morgan fingerprint density at radius 1 is 1.32 bits per heavy atom. The van der Waals surface area contributed by atoms with Crippen LogP contribution in [0.1, 0.15) is 5.56 Å². The maximum atomic E-state index is 12.2. The van der Waals surface area contributed by atoms with Gasteiger partial charge in [-0.05, 0) is 42.3 Å². The van der Waals surface area contributed by atoms with E-state index in [4.69, 9.17) is 32.7 Å². The number of nitrogens with one attached hydrogen (secondary N) is 1. The fraction of sp³-hybridized carbons (Fsp3) is 0.235. The SMILES string of the molecule is O=C(COC(=O)[C@@H]1COc2ccc(Cl)cc2C1)Nc1cccnc1Cl. The van der Waals surface area contributed by atoms with Crippen LogP contribution in [-0.2, 0) is 20.7 Å². The Morgan fingerprint density at radius 2 is 2.16 bits per heavy atom. The van der Waals surface area contributed by atoms with Gasteiger partial charge in [0, 0.05) is 11.2 Å². The van der Waals surface area contributed by atoms with Gasteiger partial charge in [-0.25, -0.2) is 4.98 Å². The van der Waals surface area contributed by atoms with Crippen LogP contribution < -0.4 is 10.1 Å². The molecule has 8 heteroatoms. The number of carbonyl (C=O) groups is 2. The molecule has 1 amide bonds. The number of ether oxygens (including phenoxy) is 2. The van der Waals surface area contributed by atoms with E-state index in [9.17, 15) is 9.59 Å². The van der Waals surface area contributed by atoms with Crippen molar-refractivity contribution in [3.63, 3.8) is 0 Å². The Bertz CT molecular complexity index is 813. The third-order valence-corrected chi connectivity index (χ3v) is 4.18. The van der Waals surface area contributed by atoms with Crippen molar-refractivity contribution in [2.45, 2.75) is 6.42 Å². The maximum Gasteiger partial charge on any atom is 0.313 e. The Balaban J connectivity index is 1.53. The summed E-state index contributed by atoms with van der Waals surface area (Å²) < 4.78 is 10.6. The normalized spacial score (nSPS) is 15.7. The fourth-order valence-electron chi connectivity index (χ4n) is 2.43. The van der Waals surface area contributed by atoms with Crippen LogP contribution in [0.5, 0.6) is 5.75 Å². The lowest BCUT2D eigenvalue weighted by atomic mass is 9.97. The summed E-state index contributed by atoms with van der Waals surface area (Å²) in [6.45, 7) is -0.216. The number of hydrogen-bond donors (Lipinski definition) is 1. The second-order valence-corrected chi connectivity index (χ2v) is 6.26. The van der Waals surface area contributed by atoms with E-state index >= 15 is 0 Å². The van der Waals surface area contributed by atoms with Crippen molar-refractivity contribution in [1.29, 1.82) is 0 Å². The van der Waals surface area contributed by atoms with Gasteiger partial charge in [-0.1, -0.05) is 23.2 Å². The first kappa shape index (κ1) is 17.5. The molecule has 0 unspecified atom stereocenters. The Kier molecular flexibility index (Phi) is 5.40. The minimum atomic E-state index is -0.502. The molecule has 2 heterocycles. The Labute approximate surface area is 154 Å². The predicted molar refractivity (Wildman–Crippen MR) is 93.0 cm³/mol. The quantitative estimate of drug-likeness (QED) is 0.651. The molecule has 1 aliphatic rings. The number of carbonyl (C=O) groups excluding carboxylic acids is 2. The number of benzene rings is 1. The summed E-state index contributed by atoms with van der Waals surface area (Å²) in [5.74, 6) is -0.778. The van der Waals surface area contributed by atoms with Gasteiger partial charge < -0.3 is 14.8 Å². The van der Waals surface area contributed by atoms with Crippen molar-refractivity contribution in [1.82, 2.24) is 4.98 Å². The summed E-state index contributed by atoms with van der Waals surface area (Å²) in [6.07, 6.45) is 1.95. The summed E-state index contributed by atoms with van der Waals surface area (Å²) in [7, 11) is 0. The van der Waals surface area contributed by atoms with E-state index in [-0.39, 0.29) is 11.8 Å². The van der Waals surface area contributed by atoms with E-state index in [2.05, 4.69) is 10.3 Å².